The van der Waals surface area contributed by atoms with E-state index < -0.39 is 0 Å². The van der Waals surface area contributed by atoms with Crippen LogP contribution in [0.1, 0.15) is 44.6 Å². The number of carbonyl (C=O) groups excluding carboxylic acids is 1. The lowest BCUT2D eigenvalue weighted by molar-refractivity contribution is -0.143. The van der Waals surface area contributed by atoms with Crippen LogP contribution >= 0.6 is 24.0 Å². The summed E-state index contributed by atoms with van der Waals surface area (Å²) in [6, 6.07) is 8.19. The number of guanidine groups is 1. The van der Waals surface area contributed by atoms with Crippen molar-refractivity contribution in [3.63, 3.8) is 0 Å². The Morgan fingerprint density at radius 1 is 1.19 bits per heavy atom. The zero-order valence-electron chi connectivity index (χ0n) is 16.2. The molecule has 2 N–H and O–H groups in total. The van der Waals surface area contributed by atoms with E-state index in [1.165, 1.54) is 5.56 Å². The minimum atomic E-state index is -0.152. The van der Waals surface area contributed by atoms with E-state index in [0.717, 1.165) is 31.1 Å². The third kappa shape index (κ3) is 9.84. The highest BCUT2D eigenvalue weighted by Crippen LogP contribution is 2.21. The summed E-state index contributed by atoms with van der Waals surface area (Å²) in [6.07, 6.45) is 2.14. The van der Waals surface area contributed by atoms with Gasteiger partial charge < -0.3 is 20.1 Å². The van der Waals surface area contributed by atoms with Gasteiger partial charge in [0.05, 0.1) is 13.7 Å². The maximum atomic E-state index is 11.3. The minimum Gasteiger partial charge on any atom is -0.497 e. The number of carbonyl (C=O) groups is 1. The van der Waals surface area contributed by atoms with Crippen molar-refractivity contribution >= 4 is 35.9 Å². The molecule has 0 aromatic heterocycles. The SMILES string of the molecule is CCOC(=O)CCCNC(=NC)NCCC(C)c1ccc(OC)cc1.I. The topological polar surface area (TPSA) is 72.0 Å². The Hall–Kier alpha value is -1.51. The van der Waals surface area contributed by atoms with Gasteiger partial charge in [0.2, 0.25) is 0 Å². The number of hydrogen-bond donors (Lipinski definition) is 2. The molecule has 0 bridgehead atoms. The fraction of sp³-hybridized carbons (Fsp3) is 0.579. The second-order valence-corrected chi connectivity index (χ2v) is 5.80. The van der Waals surface area contributed by atoms with Crippen molar-refractivity contribution in [2.24, 2.45) is 4.99 Å². The van der Waals surface area contributed by atoms with E-state index in [-0.39, 0.29) is 29.9 Å². The van der Waals surface area contributed by atoms with Crippen LogP contribution in [-0.4, -0.2) is 45.8 Å². The van der Waals surface area contributed by atoms with Crippen molar-refractivity contribution in [3.8, 4) is 5.75 Å². The molecular formula is C19H32IN3O3. The predicted molar refractivity (Wildman–Crippen MR) is 117 cm³/mol. The third-order valence-corrected chi connectivity index (χ3v) is 3.93. The average Bonchev–Trinajstić information content (AvgIpc) is 2.63. The molecule has 1 unspecified atom stereocenters. The highest BCUT2D eigenvalue weighted by molar-refractivity contribution is 14.0. The number of methoxy groups -OCH3 is 1. The van der Waals surface area contributed by atoms with Gasteiger partial charge in [-0.25, -0.2) is 0 Å². The molecule has 1 atom stereocenters. The van der Waals surface area contributed by atoms with Gasteiger partial charge in [-0.3, -0.25) is 9.79 Å². The summed E-state index contributed by atoms with van der Waals surface area (Å²) in [6.45, 7) is 5.97. The van der Waals surface area contributed by atoms with Crippen LogP contribution in [0.25, 0.3) is 0 Å². The molecule has 1 rings (SSSR count). The van der Waals surface area contributed by atoms with Crippen LogP contribution in [0.5, 0.6) is 5.75 Å². The Morgan fingerprint density at radius 3 is 2.42 bits per heavy atom. The van der Waals surface area contributed by atoms with E-state index in [2.05, 4.69) is 34.7 Å². The Bertz CT molecular complexity index is 535. The fourth-order valence-corrected chi connectivity index (χ4v) is 2.40. The van der Waals surface area contributed by atoms with Crippen molar-refractivity contribution in [2.45, 2.75) is 39.0 Å². The number of benzene rings is 1. The monoisotopic (exact) mass is 477 g/mol. The number of hydrogen-bond acceptors (Lipinski definition) is 4. The molecule has 1 aromatic rings. The first-order valence-corrected chi connectivity index (χ1v) is 8.84. The first-order chi connectivity index (χ1) is 12.1. The van der Waals surface area contributed by atoms with E-state index in [1.807, 2.05) is 19.1 Å². The molecule has 148 valence electrons. The first kappa shape index (κ1) is 24.5. The Labute approximate surface area is 174 Å². The largest absolute Gasteiger partial charge is 0.497 e. The summed E-state index contributed by atoms with van der Waals surface area (Å²) in [5, 5.41) is 6.51. The molecule has 1 aromatic carbocycles. The van der Waals surface area contributed by atoms with Gasteiger partial charge in [-0.05, 0) is 43.4 Å². The second-order valence-electron chi connectivity index (χ2n) is 5.80. The molecule has 0 saturated carbocycles. The van der Waals surface area contributed by atoms with E-state index >= 15 is 0 Å². The lowest BCUT2D eigenvalue weighted by Crippen LogP contribution is -2.38. The van der Waals surface area contributed by atoms with Gasteiger partial charge >= 0.3 is 5.97 Å². The van der Waals surface area contributed by atoms with Crippen molar-refractivity contribution in [1.29, 1.82) is 0 Å². The van der Waals surface area contributed by atoms with Gasteiger partial charge in [0.25, 0.3) is 0 Å². The molecule has 0 radical (unpaired) electrons. The predicted octanol–water partition coefficient (Wildman–Crippen LogP) is 3.32. The third-order valence-electron chi connectivity index (χ3n) is 3.93. The van der Waals surface area contributed by atoms with E-state index in [0.29, 0.717) is 25.5 Å². The number of halogens is 1. The first-order valence-electron chi connectivity index (χ1n) is 8.84. The van der Waals surface area contributed by atoms with Crippen LogP contribution in [0.15, 0.2) is 29.3 Å². The van der Waals surface area contributed by atoms with Crippen molar-refractivity contribution in [2.75, 3.05) is 33.9 Å². The highest BCUT2D eigenvalue weighted by Gasteiger charge is 2.07. The number of nitrogens with zero attached hydrogens (tertiary/aromatic N) is 1. The Balaban J connectivity index is 0.00000625. The van der Waals surface area contributed by atoms with Gasteiger partial charge in [0, 0.05) is 26.6 Å². The van der Waals surface area contributed by atoms with E-state index in [1.54, 1.807) is 14.2 Å². The molecule has 7 heteroatoms. The van der Waals surface area contributed by atoms with Crippen LogP contribution in [0.2, 0.25) is 0 Å². The molecule has 0 aliphatic rings. The van der Waals surface area contributed by atoms with E-state index in [4.69, 9.17) is 9.47 Å². The molecule has 0 aliphatic carbocycles. The summed E-state index contributed by atoms with van der Waals surface area (Å²) < 4.78 is 10.1. The smallest absolute Gasteiger partial charge is 0.305 e. The van der Waals surface area contributed by atoms with Gasteiger partial charge in [0.15, 0.2) is 5.96 Å². The van der Waals surface area contributed by atoms with Crippen molar-refractivity contribution in [1.82, 2.24) is 10.6 Å². The van der Waals surface area contributed by atoms with Crippen LogP contribution in [0, 0.1) is 0 Å². The van der Waals surface area contributed by atoms with E-state index in [9.17, 15) is 4.79 Å². The summed E-state index contributed by atoms with van der Waals surface area (Å²) in [4.78, 5) is 15.5. The zero-order chi connectivity index (χ0) is 18.5. The number of rotatable bonds is 10. The van der Waals surface area contributed by atoms with Gasteiger partial charge in [-0.1, -0.05) is 19.1 Å². The lowest BCUT2D eigenvalue weighted by atomic mass is 9.98. The molecule has 6 nitrogen and oxygen atoms in total. The normalized spacial score (nSPS) is 11.9. The molecule has 26 heavy (non-hydrogen) atoms. The molecular weight excluding hydrogens is 445 g/mol. The Kier molecular flexibility index (Phi) is 13.8. The summed E-state index contributed by atoms with van der Waals surface area (Å²) in [5.41, 5.74) is 1.29. The van der Waals surface area contributed by atoms with Crippen LogP contribution < -0.4 is 15.4 Å². The molecule has 0 amide bonds. The maximum Gasteiger partial charge on any atom is 0.305 e. The van der Waals surface area contributed by atoms with Crippen LogP contribution in [0.4, 0.5) is 0 Å². The number of aliphatic imine (C=N–C) groups is 1. The number of ether oxygens (including phenoxy) is 2. The molecule has 0 fully saturated rings. The molecule has 0 saturated heterocycles. The molecule has 0 spiro atoms. The number of esters is 1. The Morgan fingerprint density at radius 2 is 1.85 bits per heavy atom. The van der Waals surface area contributed by atoms with Gasteiger partial charge in [-0.2, -0.15) is 0 Å². The highest BCUT2D eigenvalue weighted by atomic mass is 127. The molecule has 0 heterocycles. The second kappa shape index (κ2) is 14.6. The minimum absolute atomic E-state index is 0. The fourth-order valence-electron chi connectivity index (χ4n) is 2.40. The average molecular weight is 477 g/mol. The van der Waals surface area contributed by atoms with Crippen LogP contribution in [-0.2, 0) is 9.53 Å². The quantitative estimate of drug-likeness (QED) is 0.178. The van der Waals surface area contributed by atoms with Gasteiger partial charge in [-0.15, -0.1) is 24.0 Å². The van der Waals surface area contributed by atoms with Crippen molar-refractivity contribution in [3.05, 3.63) is 29.8 Å². The molecule has 0 aliphatic heterocycles. The standard InChI is InChI=1S/C19H31N3O3.HI/c1-5-25-18(23)7-6-13-21-19(20-3)22-14-12-15(2)16-8-10-17(24-4)11-9-16;/h8-11,15H,5-7,12-14H2,1-4H3,(H2,20,21,22);1H. The summed E-state index contributed by atoms with van der Waals surface area (Å²) >= 11 is 0. The zero-order valence-corrected chi connectivity index (χ0v) is 18.5. The lowest BCUT2D eigenvalue weighted by Gasteiger charge is -2.15. The summed E-state index contributed by atoms with van der Waals surface area (Å²) in [7, 11) is 3.42. The number of nitrogens with one attached hydrogen (secondary N) is 2. The summed E-state index contributed by atoms with van der Waals surface area (Å²) in [5.74, 6) is 1.92. The van der Waals surface area contributed by atoms with Crippen molar-refractivity contribution < 1.29 is 14.3 Å². The van der Waals surface area contributed by atoms with Gasteiger partial charge in [0.1, 0.15) is 5.75 Å². The maximum absolute atomic E-state index is 11.3. The van der Waals surface area contributed by atoms with Crippen LogP contribution in [0.3, 0.4) is 0 Å².